The van der Waals surface area contributed by atoms with Crippen LogP contribution in [0.3, 0.4) is 0 Å². The van der Waals surface area contributed by atoms with Crippen LogP contribution in [0.1, 0.15) is 21.9 Å². The molecule has 122 valence electrons. The van der Waals surface area contributed by atoms with E-state index in [1.807, 2.05) is 11.3 Å². The second kappa shape index (κ2) is 5.64. The van der Waals surface area contributed by atoms with E-state index in [0.717, 1.165) is 11.4 Å². The first kappa shape index (κ1) is 14.6. The highest BCUT2D eigenvalue weighted by Gasteiger charge is 2.30. The minimum atomic E-state index is 0.246. The van der Waals surface area contributed by atoms with Crippen molar-refractivity contribution < 1.29 is 4.74 Å². The lowest BCUT2D eigenvalue weighted by molar-refractivity contribution is 0.415. The number of benzene rings is 3. The molecule has 1 aliphatic heterocycles. The third-order valence-corrected chi connectivity index (χ3v) is 6.08. The summed E-state index contributed by atoms with van der Waals surface area (Å²) in [6.07, 6.45) is 0. The fourth-order valence-corrected chi connectivity index (χ4v) is 4.98. The maximum absolute atomic E-state index is 5.44. The van der Waals surface area contributed by atoms with Crippen LogP contribution in [0.15, 0.2) is 72.8 Å². The smallest absolute Gasteiger partial charge is 0.120 e. The summed E-state index contributed by atoms with van der Waals surface area (Å²) < 4.78 is 6.76. The van der Waals surface area contributed by atoms with E-state index in [1.54, 1.807) is 7.11 Å². The summed E-state index contributed by atoms with van der Waals surface area (Å²) in [5.41, 5.74) is 4.98. The monoisotopic (exact) mass is 343 g/mol. The van der Waals surface area contributed by atoms with E-state index >= 15 is 0 Å². The van der Waals surface area contributed by atoms with Crippen LogP contribution in [0.5, 0.6) is 5.75 Å². The molecule has 3 aromatic carbocycles. The van der Waals surface area contributed by atoms with Gasteiger partial charge in [-0.25, -0.2) is 0 Å². The van der Waals surface area contributed by atoms with Crippen molar-refractivity contribution in [1.82, 2.24) is 0 Å². The van der Waals surface area contributed by atoms with Crippen LogP contribution < -0.4 is 10.1 Å². The molecule has 0 amide bonds. The van der Waals surface area contributed by atoms with E-state index in [9.17, 15) is 0 Å². The highest BCUT2D eigenvalue weighted by atomic mass is 32.1. The average Bonchev–Trinajstić information content (AvgIpc) is 3.04. The molecule has 0 fully saturated rings. The number of hydrogen-bond donors (Lipinski definition) is 1. The second-order valence-corrected chi connectivity index (χ2v) is 7.34. The molecular weight excluding hydrogens is 326 g/mol. The molecule has 1 aliphatic rings. The Morgan fingerprint density at radius 1 is 0.920 bits per heavy atom. The van der Waals surface area contributed by atoms with Crippen molar-refractivity contribution in [2.45, 2.75) is 5.92 Å². The van der Waals surface area contributed by atoms with Gasteiger partial charge in [0.15, 0.2) is 0 Å². The molecule has 2 nitrogen and oxygen atoms in total. The number of hydrogen-bond acceptors (Lipinski definition) is 3. The van der Waals surface area contributed by atoms with Crippen LogP contribution in [0.2, 0.25) is 0 Å². The maximum Gasteiger partial charge on any atom is 0.120 e. The SMILES string of the molecule is COc1ccc2c(c1)Nc1c(sc3ccccc13)C2c1ccccc1. The topological polar surface area (TPSA) is 21.3 Å². The molecule has 3 heteroatoms. The molecular formula is C22H17NOS. The summed E-state index contributed by atoms with van der Waals surface area (Å²) in [5, 5.41) is 4.96. The number of anilines is 2. The number of fused-ring (bicyclic) bond motifs is 4. The molecule has 4 aromatic rings. The Kier molecular flexibility index (Phi) is 3.28. The Labute approximate surface area is 150 Å². The van der Waals surface area contributed by atoms with Gasteiger partial charge in [-0.2, -0.15) is 0 Å². The Hall–Kier alpha value is -2.78. The van der Waals surface area contributed by atoms with E-state index in [4.69, 9.17) is 4.74 Å². The zero-order chi connectivity index (χ0) is 16.8. The fraction of sp³-hybridized carbons (Fsp3) is 0.0909. The minimum Gasteiger partial charge on any atom is -0.497 e. The van der Waals surface area contributed by atoms with Crippen molar-refractivity contribution in [3.8, 4) is 5.75 Å². The van der Waals surface area contributed by atoms with Gasteiger partial charge in [-0.15, -0.1) is 11.3 Å². The molecule has 2 heterocycles. The van der Waals surface area contributed by atoms with Gasteiger partial charge < -0.3 is 10.1 Å². The Morgan fingerprint density at radius 3 is 2.56 bits per heavy atom. The predicted molar refractivity (Wildman–Crippen MR) is 105 cm³/mol. The predicted octanol–water partition coefficient (Wildman–Crippen LogP) is 6.15. The van der Waals surface area contributed by atoms with Crippen molar-refractivity contribution in [1.29, 1.82) is 0 Å². The highest BCUT2D eigenvalue weighted by molar-refractivity contribution is 7.20. The van der Waals surface area contributed by atoms with Crippen LogP contribution in [0, 0.1) is 0 Å². The Bertz CT molecular complexity index is 1070. The molecule has 0 radical (unpaired) electrons. The molecule has 1 atom stereocenters. The molecule has 1 aromatic heterocycles. The number of thiophene rings is 1. The first-order valence-corrected chi connectivity index (χ1v) is 9.18. The quantitative estimate of drug-likeness (QED) is 0.415. The van der Waals surface area contributed by atoms with Gasteiger partial charge in [-0.05, 0) is 23.3 Å². The largest absolute Gasteiger partial charge is 0.497 e. The lowest BCUT2D eigenvalue weighted by Crippen LogP contribution is -2.12. The molecule has 1 N–H and O–H groups in total. The second-order valence-electron chi connectivity index (χ2n) is 6.26. The van der Waals surface area contributed by atoms with E-state index < -0.39 is 0 Å². The number of ether oxygens (including phenoxy) is 1. The van der Waals surface area contributed by atoms with Crippen molar-refractivity contribution in [3.05, 3.63) is 88.8 Å². The first-order chi connectivity index (χ1) is 12.3. The van der Waals surface area contributed by atoms with Gasteiger partial charge in [0.05, 0.1) is 12.8 Å². The van der Waals surface area contributed by atoms with Gasteiger partial charge >= 0.3 is 0 Å². The van der Waals surface area contributed by atoms with Crippen LogP contribution in [-0.4, -0.2) is 7.11 Å². The zero-order valence-electron chi connectivity index (χ0n) is 13.8. The molecule has 1 unspecified atom stereocenters. The van der Waals surface area contributed by atoms with Gasteiger partial charge in [0.1, 0.15) is 5.75 Å². The normalized spacial score (nSPS) is 15.3. The summed E-state index contributed by atoms with van der Waals surface area (Å²) in [4.78, 5) is 1.38. The van der Waals surface area contributed by atoms with Crippen LogP contribution in [0.4, 0.5) is 11.4 Å². The van der Waals surface area contributed by atoms with E-state index in [-0.39, 0.29) is 5.92 Å². The number of methoxy groups -OCH3 is 1. The van der Waals surface area contributed by atoms with Crippen LogP contribution in [0.25, 0.3) is 10.1 Å². The zero-order valence-corrected chi connectivity index (χ0v) is 14.6. The minimum absolute atomic E-state index is 0.246. The number of rotatable bonds is 2. The van der Waals surface area contributed by atoms with Gasteiger partial charge in [0.2, 0.25) is 0 Å². The Morgan fingerprint density at radius 2 is 1.72 bits per heavy atom. The van der Waals surface area contributed by atoms with Crippen LogP contribution >= 0.6 is 11.3 Å². The third kappa shape index (κ3) is 2.24. The molecule has 0 aliphatic carbocycles. The summed E-state index contributed by atoms with van der Waals surface area (Å²) in [6.45, 7) is 0. The molecule has 0 spiro atoms. The van der Waals surface area contributed by atoms with Gasteiger partial charge in [-0.3, -0.25) is 0 Å². The fourth-order valence-electron chi connectivity index (χ4n) is 3.67. The molecule has 0 saturated carbocycles. The maximum atomic E-state index is 5.44. The lowest BCUT2D eigenvalue weighted by Gasteiger charge is -2.28. The van der Waals surface area contributed by atoms with Gasteiger partial charge in [-0.1, -0.05) is 54.6 Å². The molecule has 0 saturated heterocycles. The van der Waals surface area contributed by atoms with Crippen molar-refractivity contribution >= 4 is 32.8 Å². The third-order valence-electron chi connectivity index (χ3n) is 4.85. The molecule has 5 rings (SSSR count). The van der Waals surface area contributed by atoms with E-state index in [1.165, 1.54) is 31.8 Å². The average molecular weight is 343 g/mol. The summed E-state index contributed by atoms with van der Waals surface area (Å²) in [6, 6.07) is 25.7. The van der Waals surface area contributed by atoms with Gasteiger partial charge in [0, 0.05) is 32.6 Å². The van der Waals surface area contributed by atoms with Gasteiger partial charge in [0.25, 0.3) is 0 Å². The van der Waals surface area contributed by atoms with E-state index in [0.29, 0.717) is 0 Å². The highest BCUT2D eigenvalue weighted by Crippen LogP contribution is 2.51. The lowest BCUT2D eigenvalue weighted by atomic mass is 9.85. The summed E-state index contributed by atoms with van der Waals surface area (Å²) >= 11 is 1.88. The summed E-state index contributed by atoms with van der Waals surface area (Å²) in [7, 11) is 1.71. The summed E-state index contributed by atoms with van der Waals surface area (Å²) in [5.74, 6) is 1.12. The van der Waals surface area contributed by atoms with Crippen molar-refractivity contribution in [3.63, 3.8) is 0 Å². The van der Waals surface area contributed by atoms with Crippen molar-refractivity contribution in [2.24, 2.45) is 0 Å². The Balaban J connectivity index is 1.80. The number of nitrogens with one attached hydrogen (secondary N) is 1. The van der Waals surface area contributed by atoms with Crippen LogP contribution in [-0.2, 0) is 0 Å². The molecule has 25 heavy (non-hydrogen) atoms. The first-order valence-electron chi connectivity index (χ1n) is 8.36. The van der Waals surface area contributed by atoms with E-state index in [2.05, 4.69) is 78.1 Å². The standard InChI is InChI=1S/C22H17NOS/c1-24-15-11-12-16-18(13-15)23-21-17-9-5-6-10-19(17)25-22(21)20(16)14-7-3-2-4-8-14/h2-13,20,23H,1H3. The van der Waals surface area contributed by atoms with Crippen molar-refractivity contribution in [2.75, 3.05) is 12.4 Å². The molecule has 0 bridgehead atoms.